The third-order valence-corrected chi connectivity index (χ3v) is 4.41. The first-order chi connectivity index (χ1) is 9.96. The summed E-state index contributed by atoms with van der Waals surface area (Å²) in [5.41, 5.74) is -0.111. The van der Waals surface area contributed by atoms with Gasteiger partial charge in [0.05, 0.1) is 12.8 Å². The molecule has 0 radical (unpaired) electrons. The second kappa shape index (κ2) is 7.15. The second-order valence-corrected chi connectivity index (χ2v) is 7.22. The zero-order valence-electron chi connectivity index (χ0n) is 12.2. The van der Waals surface area contributed by atoms with Gasteiger partial charge >= 0.3 is 0 Å². The molecule has 21 heavy (non-hydrogen) atoms. The van der Waals surface area contributed by atoms with E-state index in [-0.39, 0.29) is 11.6 Å². The molecule has 7 nitrogen and oxygen atoms in total. The average molecular weight is 314 g/mol. The Morgan fingerprint density at radius 1 is 1.38 bits per heavy atom. The zero-order chi connectivity index (χ0) is 15.3. The predicted molar refractivity (Wildman–Crippen MR) is 80.6 cm³/mol. The van der Waals surface area contributed by atoms with Gasteiger partial charge in [0.2, 0.25) is 10.0 Å². The van der Waals surface area contributed by atoms with Gasteiger partial charge in [0.1, 0.15) is 0 Å². The van der Waals surface area contributed by atoms with Crippen molar-refractivity contribution in [3.8, 4) is 0 Å². The Hall–Kier alpha value is -1.25. The fourth-order valence-corrected chi connectivity index (χ4v) is 3.11. The number of hydrogen-bond acceptors (Lipinski definition) is 5. The molecule has 1 N–H and O–H groups in total. The van der Waals surface area contributed by atoms with Crippen LogP contribution in [0.4, 0.5) is 0 Å². The van der Waals surface area contributed by atoms with Crippen molar-refractivity contribution in [2.75, 3.05) is 25.9 Å². The summed E-state index contributed by atoms with van der Waals surface area (Å²) < 4.78 is 26.5. The number of sulfonamides is 1. The molecule has 1 saturated heterocycles. The van der Waals surface area contributed by atoms with Gasteiger partial charge in [-0.1, -0.05) is 6.42 Å². The summed E-state index contributed by atoms with van der Waals surface area (Å²) >= 11 is 0. The smallest absolute Gasteiger partial charge is 0.266 e. The van der Waals surface area contributed by atoms with Crippen molar-refractivity contribution in [1.82, 2.24) is 19.4 Å². The molecule has 118 valence electrons. The Bertz CT molecular complexity index is 614. The van der Waals surface area contributed by atoms with E-state index in [2.05, 4.69) is 14.7 Å². The lowest BCUT2D eigenvalue weighted by molar-refractivity contribution is 0.142. The fraction of sp³-hybridized carbons (Fsp3) is 0.692. The number of nitrogens with zero attached hydrogens (tertiary/aromatic N) is 3. The molecule has 8 heteroatoms. The lowest BCUT2D eigenvalue weighted by Crippen LogP contribution is -2.48. The van der Waals surface area contributed by atoms with Gasteiger partial charge in [-0.2, -0.15) is 5.10 Å². The molecule has 2 rings (SSSR count). The lowest BCUT2D eigenvalue weighted by atomic mass is 10.0. The standard InChI is InChI=1S/C13H22N4O3S/c1-21(19,20)15-11-12-5-2-3-8-16(12)9-10-17-13(18)6-4-7-14-17/h4,6-7,12,15H,2-3,5,8-11H2,1H3. The highest BCUT2D eigenvalue weighted by atomic mass is 32.2. The van der Waals surface area contributed by atoms with E-state index in [1.165, 1.54) is 17.0 Å². The van der Waals surface area contributed by atoms with Crippen molar-refractivity contribution < 1.29 is 8.42 Å². The first-order valence-corrected chi connectivity index (χ1v) is 9.06. The van der Waals surface area contributed by atoms with E-state index in [9.17, 15) is 13.2 Å². The highest BCUT2D eigenvalue weighted by Gasteiger charge is 2.23. The van der Waals surface area contributed by atoms with Gasteiger partial charge in [0.25, 0.3) is 5.56 Å². The molecule has 1 atom stereocenters. The molecule has 1 unspecified atom stereocenters. The third-order valence-electron chi connectivity index (χ3n) is 3.71. The molecule has 1 fully saturated rings. The second-order valence-electron chi connectivity index (χ2n) is 5.39. The van der Waals surface area contributed by atoms with E-state index in [1.54, 1.807) is 12.3 Å². The number of piperidine rings is 1. The van der Waals surface area contributed by atoms with Crippen LogP contribution in [0.25, 0.3) is 0 Å². The lowest BCUT2D eigenvalue weighted by Gasteiger charge is -2.35. The minimum atomic E-state index is -3.16. The van der Waals surface area contributed by atoms with Crippen molar-refractivity contribution in [2.24, 2.45) is 0 Å². The van der Waals surface area contributed by atoms with Gasteiger partial charge in [0, 0.05) is 31.4 Å². The number of hydrogen-bond donors (Lipinski definition) is 1. The Kier molecular flexibility index (Phi) is 5.49. The largest absolute Gasteiger partial charge is 0.297 e. The number of nitrogens with one attached hydrogen (secondary N) is 1. The number of aromatic nitrogens is 2. The summed E-state index contributed by atoms with van der Waals surface area (Å²) in [5.74, 6) is 0. The van der Waals surface area contributed by atoms with Crippen molar-refractivity contribution >= 4 is 10.0 Å². The Morgan fingerprint density at radius 3 is 2.90 bits per heavy atom. The molecule has 1 aromatic heterocycles. The van der Waals surface area contributed by atoms with Crippen LogP contribution in [0.2, 0.25) is 0 Å². The monoisotopic (exact) mass is 314 g/mol. The first kappa shape index (κ1) is 16.1. The molecule has 0 spiro atoms. The fourth-order valence-electron chi connectivity index (χ4n) is 2.61. The quantitative estimate of drug-likeness (QED) is 0.776. The van der Waals surface area contributed by atoms with Gasteiger partial charge in [-0.15, -0.1) is 0 Å². The van der Waals surface area contributed by atoms with Crippen LogP contribution in [0.1, 0.15) is 19.3 Å². The van der Waals surface area contributed by atoms with Crippen LogP contribution in [0.3, 0.4) is 0 Å². The summed E-state index contributed by atoms with van der Waals surface area (Å²) in [7, 11) is -3.16. The minimum absolute atomic E-state index is 0.111. The predicted octanol–water partition coefficient (Wildman–Crippen LogP) is -0.353. The Balaban J connectivity index is 1.93. The van der Waals surface area contributed by atoms with E-state index in [4.69, 9.17) is 0 Å². The highest BCUT2D eigenvalue weighted by molar-refractivity contribution is 7.88. The number of rotatable bonds is 6. The molecule has 0 amide bonds. The first-order valence-electron chi connectivity index (χ1n) is 7.16. The zero-order valence-corrected chi connectivity index (χ0v) is 13.1. The third kappa shape index (κ3) is 5.22. The van der Waals surface area contributed by atoms with E-state index in [1.807, 2.05) is 0 Å². The van der Waals surface area contributed by atoms with Crippen LogP contribution in [-0.2, 0) is 16.6 Å². The molecule has 2 heterocycles. The molecule has 0 saturated carbocycles. The van der Waals surface area contributed by atoms with Crippen molar-refractivity contribution in [2.45, 2.75) is 31.8 Å². The van der Waals surface area contributed by atoms with E-state index in [0.717, 1.165) is 25.8 Å². The maximum absolute atomic E-state index is 11.6. The summed E-state index contributed by atoms with van der Waals surface area (Å²) in [6.07, 6.45) is 5.95. The van der Waals surface area contributed by atoms with Gasteiger partial charge in [-0.25, -0.2) is 17.8 Å². The van der Waals surface area contributed by atoms with Crippen LogP contribution in [0.5, 0.6) is 0 Å². The molecular formula is C13H22N4O3S. The average Bonchev–Trinajstić information content (AvgIpc) is 2.44. The minimum Gasteiger partial charge on any atom is -0.297 e. The summed E-state index contributed by atoms with van der Waals surface area (Å²) in [5, 5.41) is 4.04. The van der Waals surface area contributed by atoms with E-state index < -0.39 is 10.0 Å². The SMILES string of the molecule is CS(=O)(=O)NCC1CCCCN1CCn1ncccc1=O. The topological polar surface area (TPSA) is 84.3 Å². The summed E-state index contributed by atoms with van der Waals surface area (Å²) in [6.45, 7) is 2.58. The molecule has 1 aromatic rings. The maximum Gasteiger partial charge on any atom is 0.266 e. The molecule has 0 aliphatic carbocycles. The summed E-state index contributed by atoms with van der Waals surface area (Å²) in [4.78, 5) is 13.9. The highest BCUT2D eigenvalue weighted by Crippen LogP contribution is 2.16. The molecular weight excluding hydrogens is 292 g/mol. The Labute approximate surface area is 125 Å². The van der Waals surface area contributed by atoms with Crippen LogP contribution >= 0.6 is 0 Å². The van der Waals surface area contributed by atoms with Gasteiger partial charge < -0.3 is 0 Å². The molecule has 0 bridgehead atoms. The van der Waals surface area contributed by atoms with E-state index in [0.29, 0.717) is 19.6 Å². The Morgan fingerprint density at radius 2 is 2.19 bits per heavy atom. The van der Waals surface area contributed by atoms with Gasteiger partial charge in [-0.05, 0) is 25.5 Å². The van der Waals surface area contributed by atoms with Gasteiger partial charge in [-0.3, -0.25) is 9.69 Å². The maximum atomic E-state index is 11.6. The van der Waals surface area contributed by atoms with Crippen molar-refractivity contribution in [3.05, 3.63) is 28.7 Å². The van der Waals surface area contributed by atoms with Crippen molar-refractivity contribution in [3.63, 3.8) is 0 Å². The molecule has 1 aliphatic rings. The normalized spacial score (nSPS) is 20.5. The van der Waals surface area contributed by atoms with Gasteiger partial charge in [0.15, 0.2) is 0 Å². The number of likely N-dealkylation sites (tertiary alicyclic amines) is 1. The van der Waals surface area contributed by atoms with Crippen LogP contribution in [0.15, 0.2) is 23.1 Å². The molecule has 1 aliphatic heterocycles. The van der Waals surface area contributed by atoms with Crippen LogP contribution in [-0.4, -0.2) is 55.0 Å². The molecule has 0 aromatic carbocycles. The van der Waals surface area contributed by atoms with Crippen LogP contribution < -0.4 is 10.3 Å². The van der Waals surface area contributed by atoms with Crippen LogP contribution in [0, 0.1) is 0 Å². The summed E-state index contributed by atoms with van der Waals surface area (Å²) in [6, 6.07) is 3.30. The van der Waals surface area contributed by atoms with Crippen molar-refractivity contribution in [1.29, 1.82) is 0 Å². The van der Waals surface area contributed by atoms with E-state index >= 15 is 0 Å².